The number of aromatic nitrogens is 4. The van der Waals surface area contributed by atoms with Gasteiger partial charge in [-0.2, -0.15) is 0 Å². The monoisotopic (exact) mass is 380 g/mol. The molecule has 12 nitrogen and oxygen atoms in total. The average Bonchev–Trinajstić information content (AvgIpc) is 2.96. The molecule has 1 unspecified atom stereocenters. The van der Waals surface area contributed by atoms with Crippen LogP contribution < -0.4 is 11.2 Å². The molecule has 0 saturated carbocycles. The Morgan fingerprint density at radius 1 is 1.42 bits per heavy atom. The van der Waals surface area contributed by atoms with Crippen LogP contribution in [0.4, 0.5) is 5.82 Å². The predicted molar refractivity (Wildman–Crippen MR) is 80.6 cm³/mol. The molecule has 0 bridgehead atoms. The summed E-state index contributed by atoms with van der Waals surface area (Å²) in [5.74, 6) is 0.0814. The van der Waals surface area contributed by atoms with Gasteiger partial charge < -0.3 is 25.6 Å². The van der Waals surface area contributed by atoms with Crippen molar-refractivity contribution in [1.29, 1.82) is 0 Å². The molecule has 132 valence electrons. The number of hydrogen-bond donors (Lipinski definition) is 5. The molecule has 5 atom stereocenters. The molecule has 7 N–H and O–H groups in total. The minimum Gasteiger partial charge on any atom is -0.387 e. The molecule has 3 rings (SSSR count). The van der Waals surface area contributed by atoms with Crippen molar-refractivity contribution in [3.05, 3.63) is 11.6 Å². The van der Waals surface area contributed by atoms with Crippen molar-refractivity contribution in [2.24, 2.45) is 5.50 Å². The van der Waals surface area contributed by atoms with E-state index in [2.05, 4.69) is 19.5 Å². The molecule has 1 saturated heterocycles. The molecule has 0 aromatic carbocycles. The second-order valence-corrected chi connectivity index (χ2v) is 6.81. The number of halogens is 1. The molecular weight excluding hydrogens is 367 g/mol. The van der Waals surface area contributed by atoms with E-state index in [9.17, 15) is 14.8 Å². The van der Waals surface area contributed by atoms with Crippen LogP contribution >= 0.6 is 19.3 Å². The first kappa shape index (κ1) is 17.5. The van der Waals surface area contributed by atoms with Crippen LogP contribution in [0.3, 0.4) is 0 Å². The summed E-state index contributed by atoms with van der Waals surface area (Å²) in [4.78, 5) is 20.7. The number of nitrogen functional groups attached to an aromatic ring is 1. The molecular formula is C10H14ClN6O6P. The molecule has 1 aliphatic rings. The van der Waals surface area contributed by atoms with Crippen molar-refractivity contribution in [3.63, 3.8) is 0 Å². The van der Waals surface area contributed by atoms with Crippen molar-refractivity contribution >= 4 is 36.3 Å². The van der Waals surface area contributed by atoms with E-state index in [4.69, 9.17) is 32.5 Å². The third-order valence-corrected chi connectivity index (χ3v) is 4.26. The lowest BCUT2D eigenvalue weighted by Crippen LogP contribution is -2.33. The highest BCUT2D eigenvalue weighted by atomic mass is 35.5. The Morgan fingerprint density at radius 3 is 2.79 bits per heavy atom. The van der Waals surface area contributed by atoms with Crippen molar-refractivity contribution in [1.82, 2.24) is 19.5 Å². The van der Waals surface area contributed by atoms with Gasteiger partial charge in [-0.25, -0.2) is 25.0 Å². The molecule has 2 aromatic heterocycles. The first-order chi connectivity index (χ1) is 11.2. The third kappa shape index (κ3) is 3.10. The molecule has 0 aliphatic carbocycles. The van der Waals surface area contributed by atoms with Gasteiger partial charge in [0.2, 0.25) is 5.28 Å². The Kier molecular flexibility index (Phi) is 4.49. The van der Waals surface area contributed by atoms with Crippen molar-refractivity contribution in [2.75, 3.05) is 12.3 Å². The third-order valence-electron chi connectivity index (χ3n) is 3.48. The Hall–Kier alpha value is -1.37. The van der Waals surface area contributed by atoms with Crippen molar-refractivity contribution in [3.8, 4) is 0 Å². The quantitative estimate of drug-likeness (QED) is 0.314. The van der Waals surface area contributed by atoms with Gasteiger partial charge in [-0.05, 0) is 11.6 Å². The lowest BCUT2D eigenvalue weighted by Gasteiger charge is -2.17. The van der Waals surface area contributed by atoms with E-state index in [1.54, 1.807) is 0 Å². The van der Waals surface area contributed by atoms with E-state index in [-0.39, 0.29) is 22.3 Å². The average molecular weight is 381 g/mol. The maximum atomic E-state index is 11.0. The van der Waals surface area contributed by atoms with Gasteiger partial charge in [0.05, 0.1) is 6.61 Å². The van der Waals surface area contributed by atoms with E-state index < -0.39 is 38.9 Å². The number of aliphatic hydroxyl groups is 2. The summed E-state index contributed by atoms with van der Waals surface area (Å²) < 4.78 is 22.2. The summed E-state index contributed by atoms with van der Waals surface area (Å²) >= 11 is 6.05. The van der Waals surface area contributed by atoms with E-state index in [0.717, 1.165) is 0 Å². The van der Waals surface area contributed by atoms with E-state index >= 15 is 0 Å². The lowest BCUT2D eigenvalue weighted by molar-refractivity contribution is -0.0483. The van der Waals surface area contributed by atoms with Crippen LogP contribution in [0.25, 0.3) is 11.2 Å². The second kappa shape index (κ2) is 6.17. The summed E-state index contributed by atoms with van der Waals surface area (Å²) in [7, 11) is -4.25. The topological polar surface area (TPSA) is 192 Å². The van der Waals surface area contributed by atoms with Crippen LogP contribution in [0, 0.1) is 0 Å². The lowest BCUT2D eigenvalue weighted by atomic mass is 10.1. The number of ether oxygens (including phenoxy) is 1. The molecule has 0 radical (unpaired) electrons. The van der Waals surface area contributed by atoms with Gasteiger partial charge in [0.25, 0.3) is 0 Å². The van der Waals surface area contributed by atoms with Gasteiger partial charge in [0.1, 0.15) is 24.6 Å². The first-order valence-corrected chi connectivity index (χ1v) is 8.63. The Bertz CT molecular complexity index is 812. The fourth-order valence-corrected chi connectivity index (χ4v) is 3.01. The standard InChI is InChI=1S/C10H14ClN6O6P/c11-10-16-4-7(12)14-2-15-8(4)17(10)9-6(19)5(18)3(23-9)1-22-24(13,20)21/h2-3,5-6,9,18-19H,1H2,(H2,12,14,15)(H3,13,20,21)/t3-,5-,6-,9-/m1/s1. The molecule has 2 aromatic rings. The number of imidazole rings is 1. The normalized spacial score (nSPS) is 29.9. The van der Waals surface area contributed by atoms with E-state index in [1.807, 2.05) is 0 Å². The second-order valence-electron chi connectivity index (χ2n) is 5.09. The maximum Gasteiger partial charge on any atom is 0.400 e. The number of hydrogen-bond acceptors (Lipinski definition) is 9. The number of nitrogens with two attached hydrogens (primary N) is 2. The summed E-state index contributed by atoms with van der Waals surface area (Å²) in [6.07, 6.45) is -3.96. The number of anilines is 1. The molecule has 1 aliphatic heterocycles. The Morgan fingerprint density at radius 2 is 2.12 bits per heavy atom. The highest BCUT2D eigenvalue weighted by molar-refractivity contribution is 7.50. The fourth-order valence-electron chi connectivity index (χ4n) is 2.39. The predicted octanol–water partition coefficient (Wildman–Crippen LogP) is -1.24. The van der Waals surface area contributed by atoms with Gasteiger partial charge in [0.15, 0.2) is 23.2 Å². The van der Waals surface area contributed by atoms with Gasteiger partial charge >= 0.3 is 7.75 Å². The zero-order valence-corrected chi connectivity index (χ0v) is 13.6. The van der Waals surface area contributed by atoms with Crippen LogP contribution in [-0.4, -0.2) is 59.5 Å². The zero-order chi connectivity index (χ0) is 17.6. The maximum absolute atomic E-state index is 11.0. The number of aliphatic hydroxyl groups excluding tert-OH is 2. The molecule has 3 heterocycles. The molecule has 1 fully saturated rings. The number of nitrogens with zero attached hydrogens (tertiary/aromatic N) is 4. The van der Waals surface area contributed by atoms with Gasteiger partial charge in [-0.3, -0.25) is 9.09 Å². The molecule has 24 heavy (non-hydrogen) atoms. The molecule has 14 heteroatoms. The molecule has 0 spiro atoms. The first-order valence-electron chi connectivity index (χ1n) is 6.60. The van der Waals surface area contributed by atoms with Crippen LogP contribution in [0.1, 0.15) is 6.23 Å². The van der Waals surface area contributed by atoms with Crippen LogP contribution in [0.2, 0.25) is 5.28 Å². The summed E-state index contributed by atoms with van der Waals surface area (Å²) in [5.41, 5.74) is 10.9. The fraction of sp³-hybridized carbons (Fsp3) is 0.500. The molecule has 0 amide bonds. The van der Waals surface area contributed by atoms with Crippen LogP contribution in [0.15, 0.2) is 6.33 Å². The zero-order valence-electron chi connectivity index (χ0n) is 11.9. The van der Waals surface area contributed by atoms with Gasteiger partial charge in [-0.1, -0.05) is 0 Å². The SMILES string of the molecule is Nc1ncnc2c1nc(Cl)n2[C@@H]1O[C@H](COP(N)(=O)O)[C@@H](O)[C@H]1O. The van der Waals surface area contributed by atoms with Crippen molar-refractivity contribution < 1.29 is 28.9 Å². The largest absolute Gasteiger partial charge is 0.400 e. The van der Waals surface area contributed by atoms with E-state index in [1.165, 1.54) is 10.9 Å². The number of rotatable bonds is 4. The minimum atomic E-state index is -4.25. The van der Waals surface area contributed by atoms with E-state index in [0.29, 0.717) is 0 Å². The summed E-state index contributed by atoms with van der Waals surface area (Å²) in [6.45, 7) is -0.514. The van der Waals surface area contributed by atoms with Gasteiger partial charge in [0, 0.05) is 0 Å². The number of fused-ring (bicyclic) bond motifs is 1. The van der Waals surface area contributed by atoms with Crippen molar-refractivity contribution in [2.45, 2.75) is 24.5 Å². The minimum absolute atomic E-state index is 0.0814. The highest BCUT2D eigenvalue weighted by Gasteiger charge is 2.45. The van der Waals surface area contributed by atoms with Crippen LogP contribution in [-0.2, 0) is 13.8 Å². The summed E-state index contributed by atoms with van der Waals surface area (Å²) in [6, 6.07) is 0. The smallest absolute Gasteiger partial charge is 0.387 e. The Labute approximate surface area is 139 Å². The van der Waals surface area contributed by atoms with Gasteiger partial charge in [-0.15, -0.1) is 0 Å². The summed E-state index contributed by atoms with van der Waals surface area (Å²) in [5, 5.41) is 20.2. The highest BCUT2D eigenvalue weighted by Crippen LogP contribution is 2.37. The van der Waals surface area contributed by atoms with Crippen LogP contribution in [0.5, 0.6) is 0 Å². The Balaban J connectivity index is 1.92.